The van der Waals surface area contributed by atoms with Gasteiger partial charge in [0.15, 0.2) is 0 Å². The Morgan fingerprint density at radius 3 is 2.65 bits per heavy atom. The van der Waals surface area contributed by atoms with Crippen molar-refractivity contribution in [2.45, 2.75) is 6.92 Å². The van der Waals surface area contributed by atoms with Gasteiger partial charge in [-0.15, -0.1) is 0 Å². The van der Waals surface area contributed by atoms with Gasteiger partial charge in [0, 0.05) is 22.2 Å². The van der Waals surface area contributed by atoms with Crippen molar-refractivity contribution in [3.05, 3.63) is 59.2 Å². The average molecular weight is 284 g/mol. The molecule has 0 atom stereocenters. The van der Waals surface area contributed by atoms with Crippen LogP contribution in [0.1, 0.15) is 5.56 Å². The average Bonchev–Trinajstić information content (AvgIpc) is 2.46. The molecular formula is C17H14ClNO. The maximum absolute atomic E-state index is 6.04. The van der Waals surface area contributed by atoms with Gasteiger partial charge in [0.05, 0.1) is 12.6 Å². The fourth-order valence-electron chi connectivity index (χ4n) is 2.39. The zero-order valence-corrected chi connectivity index (χ0v) is 12.1. The second-order valence-electron chi connectivity index (χ2n) is 4.72. The third-order valence-electron chi connectivity index (χ3n) is 3.35. The molecule has 0 bridgehead atoms. The Morgan fingerprint density at radius 1 is 1.00 bits per heavy atom. The molecule has 0 spiro atoms. The zero-order chi connectivity index (χ0) is 14.1. The number of halogens is 1. The zero-order valence-electron chi connectivity index (χ0n) is 11.4. The molecule has 0 saturated carbocycles. The SMILES string of the molecule is COc1ccc(C)cc1-c1ccnc2cc(Cl)ccc12. The first-order valence-electron chi connectivity index (χ1n) is 6.38. The quantitative estimate of drug-likeness (QED) is 0.669. The smallest absolute Gasteiger partial charge is 0.126 e. The van der Waals surface area contributed by atoms with Crippen molar-refractivity contribution in [1.29, 1.82) is 0 Å². The number of aromatic nitrogens is 1. The van der Waals surface area contributed by atoms with Gasteiger partial charge in [0.25, 0.3) is 0 Å². The van der Waals surface area contributed by atoms with E-state index in [4.69, 9.17) is 16.3 Å². The number of methoxy groups -OCH3 is 1. The van der Waals surface area contributed by atoms with Gasteiger partial charge in [-0.05, 0) is 42.8 Å². The first kappa shape index (κ1) is 12.9. The van der Waals surface area contributed by atoms with Crippen LogP contribution in [0.2, 0.25) is 5.02 Å². The van der Waals surface area contributed by atoms with Crippen LogP contribution in [0.3, 0.4) is 0 Å². The Hall–Kier alpha value is -2.06. The normalized spacial score (nSPS) is 10.8. The van der Waals surface area contributed by atoms with Gasteiger partial charge in [0.2, 0.25) is 0 Å². The van der Waals surface area contributed by atoms with E-state index in [2.05, 4.69) is 18.0 Å². The molecule has 3 heteroatoms. The summed E-state index contributed by atoms with van der Waals surface area (Å²) >= 11 is 6.04. The molecule has 0 N–H and O–H groups in total. The highest BCUT2D eigenvalue weighted by molar-refractivity contribution is 6.31. The molecule has 0 amide bonds. The second kappa shape index (κ2) is 5.14. The lowest BCUT2D eigenvalue weighted by Gasteiger charge is -2.12. The van der Waals surface area contributed by atoms with Crippen molar-refractivity contribution in [2.24, 2.45) is 0 Å². The Labute approximate surface area is 123 Å². The highest BCUT2D eigenvalue weighted by atomic mass is 35.5. The van der Waals surface area contributed by atoms with Crippen LogP contribution < -0.4 is 4.74 Å². The van der Waals surface area contributed by atoms with Gasteiger partial charge < -0.3 is 4.74 Å². The monoisotopic (exact) mass is 283 g/mol. The Bertz CT molecular complexity index is 783. The predicted octanol–water partition coefficient (Wildman–Crippen LogP) is 4.87. The van der Waals surface area contributed by atoms with Crippen LogP contribution in [-0.4, -0.2) is 12.1 Å². The summed E-state index contributed by atoms with van der Waals surface area (Å²) in [5, 5.41) is 1.76. The third-order valence-corrected chi connectivity index (χ3v) is 3.59. The van der Waals surface area contributed by atoms with Crippen LogP contribution in [0.25, 0.3) is 22.0 Å². The summed E-state index contributed by atoms with van der Waals surface area (Å²) in [7, 11) is 1.69. The van der Waals surface area contributed by atoms with Gasteiger partial charge >= 0.3 is 0 Å². The minimum absolute atomic E-state index is 0.693. The number of ether oxygens (including phenoxy) is 1. The van der Waals surface area contributed by atoms with E-state index in [-0.39, 0.29) is 0 Å². The number of fused-ring (bicyclic) bond motifs is 1. The van der Waals surface area contributed by atoms with Crippen molar-refractivity contribution < 1.29 is 4.74 Å². The number of rotatable bonds is 2. The molecule has 20 heavy (non-hydrogen) atoms. The van der Waals surface area contributed by atoms with E-state index < -0.39 is 0 Å². The molecule has 1 aromatic heterocycles. The van der Waals surface area contributed by atoms with Gasteiger partial charge in [-0.25, -0.2) is 0 Å². The second-order valence-corrected chi connectivity index (χ2v) is 5.16. The van der Waals surface area contributed by atoms with Crippen molar-refractivity contribution in [2.75, 3.05) is 7.11 Å². The molecule has 2 aromatic carbocycles. The highest BCUT2D eigenvalue weighted by Crippen LogP contribution is 2.35. The van der Waals surface area contributed by atoms with Crippen LogP contribution in [0, 0.1) is 6.92 Å². The number of benzene rings is 2. The molecule has 3 aromatic rings. The van der Waals surface area contributed by atoms with E-state index in [1.165, 1.54) is 5.56 Å². The Kier molecular flexibility index (Phi) is 3.33. The molecule has 0 aliphatic heterocycles. The maximum atomic E-state index is 6.04. The van der Waals surface area contributed by atoms with E-state index in [1.807, 2.05) is 36.4 Å². The van der Waals surface area contributed by atoms with Crippen LogP contribution in [0.15, 0.2) is 48.7 Å². The van der Waals surface area contributed by atoms with E-state index in [0.717, 1.165) is 27.8 Å². The van der Waals surface area contributed by atoms with E-state index >= 15 is 0 Å². The third kappa shape index (κ3) is 2.23. The summed E-state index contributed by atoms with van der Waals surface area (Å²) in [6.45, 7) is 2.07. The number of aryl methyl sites for hydroxylation is 1. The van der Waals surface area contributed by atoms with Gasteiger partial charge in [-0.2, -0.15) is 0 Å². The Balaban J connectivity index is 2.32. The lowest BCUT2D eigenvalue weighted by molar-refractivity contribution is 0.416. The first-order chi connectivity index (χ1) is 9.69. The molecule has 2 nitrogen and oxygen atoms in total. The van der Waals surface area contributed by atoms with Crippen LogP contribution >= 0.6 is 11.6 Å². The predicted molar refractivity (Wildman–Crippen MR) is 83.5 cm³/mol. The fraction of sp³-hybridized carbons (Fsp3) is 0.118. The molecule has 100 valence electrons. The molecule has 3 rings (SSSR count). The number of hydrogen-bond donors (Lipinski definition) is 0. The summed E-state index contributed by atoms with van der Waals surface area (Å²) in [5.74, 6) is 0.859. The highest BCUT2D eigenvalue weighted by Gasteiger charge is 2.10. The molecule has 0 aliphatic rings. The summed E-state index contributed by atoms with van der Waals surface area (Å²) in [5.41, 5.74) is 4.26. The lowest BCUT2D eigenvalue weighted by Crippen LogP contribution is -1.91. The summed E-state index contributed by atoms with van der Waals surface area (Å²) in [4.78, 5) is 4.38. The minimum Gasteiger partial charge on any atom is -0.496 e. The summed E-state index contributed by atoms with van der Waals surface area (Å²) in [6, 6.07) is 13.9. The molecule has 1 heterocycles. The van der Waals surface area contributed by atoms with Crippen molar-refractivity contribution in [3.8, 4) is 16.9 Å². The number of nitrogens with zero attached hydrogens (tertiary/aromatic N) is 1. The molecule has 0 radical (unpaired) electrons. The van der Waals surface area contributed by atoms with Crippen LogP contribution in [-0.2, 0) is 0 Å². The molecule has 0 saturated heterocycles. The number of pyridine rings is 1. The van der Waals surface area contributed by atoms with E-state index in [0.29, 0.717) is 5.02 Å². The minimum atomic E-state index is 0.693. The molecular weight excluding hydrogens is 270 g/mol. The van der Waals surface area contributed by atoms with Crippen molar-refractivity contribution in [3.63, 3.8) is 0 Å². The van der Waals surface area contributed by atoms with Crippen molar-refractivity contribution >= 4 is 22.5 Å². The first-order valence-corrected chi connectivity index (χ1v) is 6.76. The van der Waals surface area contributed by atoms with Crippen LogP contribution in [0.5, 0.6) is 5.75 Å². The summed E-state index contributed by atoms with van der Waals surface area (Å²) in [6.07, 6.45) is 1.80. The van der Waals surface area contributed by atoms with E-state index in [1.54, 1.807) is 13.3 Å². The lowest BCUT2D eigenvalue weighted by atomic mass is 9.99. The largest absolute Gasteiger partial charge is 0.496 e. The molecule has 0 unspecified atom stereocenters. The van der Waals surface area contributed by atoms with E-state index in [9.17, 15) is 0 Å². The van der Waals surface area contributed by atoms with Gasteiger partial charge in [0.1, 0.15) is 5.75 Å². The maximum Gasteiger partial charge on any atom is 0.126 e. The standard InChI is InChI=1S/C17H14ClNO/c1-11-3-6-17(20-2)15(9-11)13-7-8-19-16-10-12(18)4-5-14(13)16/h3-10H,1-2H3. The van der Waals surface area contributed by atoms with Gasteiger partial charge in [-0.1, -0.05) is 29.3 Å². The topological polar surface area (TPSA) is 22.1 Å². The van der Waals surface area contributed by atoms with Crippen LogP contribution in [0.4, 0.5) is 0 Å². The van der Waals surface area contributed by atoms with Gasteiger partial charge in [-0.3, -0.25) is 4.98 Å². The fourth-order valence-corrected chi connectivity index (χ4v) is 2.55. The Morgan fingerprint density at radius 2 is 1.85 bits per heavy atom. The molecule has 0 aliphatic carbocycles. The number of hydrogen-bond acceptors (Lipinski definition) is 2. The summed E-state index contributed by atoms with van der Waals surface area (Å²) < 4.78 is 5.48. The van der Waals surface area contributed by atoms with Crippen molar-refractivity contribution in [1.82, 2.24) is 4.98 Å². The molecule has 0 fully saturated rings.